The highest BCUT2D eigenvalue weighted by Gasteiger charge is 2.19. The first-order valence-corrected chi connectivity index (χ1v) is 6.87. The van der Waals surface area contributed by atoms with Crippen LogP contribution < -0.4 is 19.7 Å². The first-order valence-electron chi connectivity index (χ1n) is 6.87. The van der Waals surface area contributed by atoms with Crippen LogP contribution in [0.2, 0.25) is 0 Å². The molecule has 1 aromatic carbocycles. The SMILES string of the molecule is COc1ccc(N2CCC(C)NC(C)C2)cc1OC. The first kappa shape index (κ1) is 14.0. The smallest absolute Gasteiger partial charge is 0.162 e. The highest BCUT2D eigenvalue weighted by atomic mass is 16.5. The average Bonchev–Trinajstić information content (AvgIpc) is 2.58. The van der Waals surface area contributed by atoms with E-state index in [0.717, 1.165) is 31.0 Å². The zero-order chi connectivity index (χ0) is 13.8. The summed E-state index contributed by atoms with van der Waals surface area (Å²) < 4.78 is 10.7. The molecule has 1 heterocycles. The van der Waals surface area contributed by atoms with E-state index in [1.807, 2.05) is 6.07 Å². The van der Waals surface area contributed by atoms with Crippen molar-refractivity contribution in [3.63, 3.8) is 0 Å². The Bertz CT molecular complexity index is 423. The van der Waals surface area contributed by atoms with Gasteiger partial charge in [-0.15, -0.1) is 0 Å². The Balaban J connectivity index is 2.20. The molecule has 1 aliphatic rings. The molecule has 1 saturated heterocycles. The zero-order valence-corrected chi connectivity index (χ0v) is 12.3. The molecule has 0 aromatic heterocycles. The molecule has 4 nitrogen and oxygen atoms in total. The van der Waals surface area contributed by atoms with Crippen LogP contribution in [0.1, 0.15) is 20.3 Å². The van der Waals surface area contributed by atoms with Crippen LogP contribution in [0.3, 0.4) is 0 Å². The highest BCUT2D eigenvalue weighted by molar-refractivity contribution is 5.56. The molecule has 2 atom stereocenters. The summed E-state index contributed by atoms with van der Waals surface area (Å²) in [5.41, 5.74) is 1.19. The summed E-state index contributed by atoms with van der Waals surface area (Å²) in [5, 5.41) is 3.59. The van der Waals surface area contributed by atoms with Crippen LogP contribution in [0.5, 0.6) is 11.5 Å². The Morgan fingerprint density at radius 3 is 2.53 bits per heavy atom. The minimum Gasteiger partial charge on any atom is -0.493 e. The summed E-state index contributed by atoms with van der Waals surface area (Å²) in [7, 11) is 3.34. The van der Waals surface area contributed by atoms with Gasteiger partial charge in [-0.2, -0.15) is 0 Å². The van der Waals surface area contributed by atoms with Crippen LogP contribution in [0.4, 0.5) is 5.69 Å². The van der Waals surface area contributed by atoms with Gasteiger partial charge in [0.25, 0.3) is 0 Å². The van der Waals surface area contributed by atoms with Gasteiger partial charge in [0.15, 0.2) is 11.5 Å². The minimum atomic E-state index is 0.491. The van der Waals surface area contributed by atoms with E-state index < -0.39 is 0 Å². The van der Waals surface area contributed by atoms with Gasteiger partial charge in [0.1, 0.15) is 0 Å². The number of methoxy groups -OCH3 is 2. The summed E-state index contributed by atoms with van der Waals surface area (Å²) in [4.78, 5) is 2.41. The van der Waals surface area contributed by atoms with Crippen LogP contribution in [0, 0.1) is 0 Å². The number of ether oxygens (including phenoxy) is 2. The van der Waals surface area contributed by atoms with Gasteiger partial charge in [0.05, 0.1) is 14.2 Å². The molecule has 0 spiro atoms. The predicted molar refractivity (Wildman–Crippen MR) is 78.4 cm³/mol. The van der Waals surface area contributed by atoms with Crippen molar-refractivity contribution < 1.29 is 9.47 Å². The van der Waals surface area contributed by atoms with E-state index in [1.54, 1.807) is 14.2 Å². The average molecular weight is 264 g/mol. The fraction of sp³-hybridized carbons (Fsp3) is 0.600. The summed E-state index contributed by atoms with van der Waals surface area (Å²) in [6, 6.07) is 7.19. The van der Waals surface area contributed by atoms with Gasteiger partial charge < -0.3 is 19.7 Å². The Morgan fingerprint density at radius 1 is 1.11 bits per heavy atom. The molecule has 1 aromatic rings. The molecule has 19 heavy (non-hydrogen) atoms. The Kier molecular flexibility index (Phi) is 4.53. The molecule has 0 amide bonds. The maximum absolute atomic E-state index is 5.38. The first-order chi connectivity index (χ1) is 9.13. The summed E-state index contributed by atoms with van der Waals surface area (Å²) in [6.45, 7) is 6.55. The van der Waals surface area contributed by atoms with Crippen molar-refractivity contribution in [3.8, 4) is 11.5 Å². The van der Waals surface area contributed by atoms with Crippen molar-refractivity contribution in [3.05, 3.63) is 18.2 Å². The Labute approximate surface area is 115 Å². The van der Waals surface area contributed by atoms with Gasteiger partial charge in [-0.05, 0) is 32.4 Å². The van der Waals surface area contributed by atoms with E-state index in [0.29, 0.717) is 12.1 Å². The summed E-state index contributed by atoms with van der Waals surface area (Å²) in [5.74, 6) is 1.57. The molecule has 106 valence electrons. The van der Waals surface area contributed by atoms with Crippen LogP contribution in [0.15, 0.2) is 18.2 Å². The third-order valence-electron chi connectivity index (χ3n) is 3.63. The van der Waals surface area contributed by atoms with Crippen molar-refractivity contribution in [2.75, 3.05) is 32.2 Å². The van der Waals surface area contributed by atoms with Crippen LogP contribution in [0.25, 0.3) is 0 Å². The number of hydrogen-bond acceptors (Lipinski definition) is 4. The van der Waals surface area contributed by atoms with E-state index >= 15 is 0 Å². The molecular formula is C15H24N2O2. The number of nitrogens with one attached hydrogen (secondary N) is 1. The fourth-order valence-electron chi connectivity index (χ4n) is 2.65. The second-order valence-electron chi connectivity index (χ2n) is 5.24. The summed E-state index contributed by atoms with van der Waals surface area (Å²) >= 11 is 0. The van der Waals surface area contributed by atoms with Gasteiger partial charge in [-0.25, -0.2) is 0 Å². The van der Waals surface area contributed by atoms with Crippen molar-refractivity contribution >= 4 is 5.69 Å². The normalized spacial score (nSPS) is 23.9. The number of rotatable bonds is 3. The lowest BCUT2D eigenvalue weighted by molar-refractivity contribution is 0.355. The van der Waals surface area contributed by atoms with E-state index in [-0.39, 0.29) is 0 Å². The molecule has 2 rings (SSSR count). The molecule has 4 heteroatoms. The number of hydrogen-bond donors (Lipinski definition) is 1. The molecule has 2 unspecified atom stereocenters. The standard InChI is InChI=1S/C15H24N2O2/c1-11-7-8-17(10-12(2)16-11)13-5-6-14(18-3)15(9-13)19-4/h5-6,9,11-12,16H,7-8,10H2,1-4H3. The monoisotopic (exact) mass is 264 g/mol. The molecule has 0 bridgehead atoms. The van der Waals surface area contributed by atoms with Gasteiger partial charge in [0.2, 0.25) is 0 Å². The second kappa shape index (κ2) is 6.15. The lowest BCUT2D eigenvalue weighted by atomic mass is 10.2. The molecular weight excluding hydrogens is 240 g/mol. The van der Waals surface area contributed by atoms with Crippen molar-refractivity contribution in [1.29, 1.82) is 0 Å². The third-order valence-corrected chi connectivity index (χ3v) is 3.63. The number of anilines is 1. The van der Waals surface area contributed by atoms with Gasteiger partial charge >= 0.3 is 0 Å². The van der Waals surface area contributed by atoms with Crippen LogP contribution in [-0.2, 0) is 0 Å². The highest BCUT2D eigenvalue weighted by Crippen LogP contribution is 2.32. The quantitative estimate of drug-likeness (QED) is 0.908. The van der Waals surface area contributed by atoms with Crippen LogP contribution >= 0.6 is 0 Å². The van der Waals surface area contributed by atoms with Crippen LogP contribution in [-0.4, -0.2) is 39.4 Å². The minimum absolute atomic E-state index is 0.491. The molecule has 1 N–H and O–H groups in total. The maximum Gasteiger partial charge on any atom is 0.162 e. The largest absolute Gasteiger partial charge is 0.493 e. The predicted octanol–water partition coefficient (Wildman–Crippen LogP) is 2.28. The van der Waals surface area contributed by atoms with Crippen molar-refractivity contribution in [1.82, 2.24) is 5.32 Å². The molecule has 0 radical (unpaired) electrons. The molecule has 0 aliphatic carbocycles. The maximum atomic E-state index is 5.38. The summed E-state index contributed by atoms with van der Waals surface area (Å²) in [6.07, 6.45) is 1.15. The lowest BCUT2D eigenvalue weighted by Gasteiger charge is -2.25. The number of nitrogens with zero attached hydrogens (tertiary/aromatic N) is 1. The van der Waals surface area contributed by atoms with Crippen molar-refractivity contribution in [2.45, 2.75) is 32.4 Å². The van der Waals surface area contributed by atoms with Gasteiger partial charge in [-0.3, -0.25) is 0 Å². The Hall–Kier alpha value is -1.42. The number of benzene rings is 1. The molecule has 0 saturated carbocycles. The second-order valence-corrected chi connectivity index (χ2v) is 5.24. The van der Waals surface area contributed by atoms with Gasteiger partial charge in [-0.1, -0.05) is 0 Å². The van der Waals surface area contributed by atoms with Gasteiger partial charge in [0, 0.05) is 36.9 Å². The Morgan fingerprint density at radius 2 is 1.84 bits per heavy atom. The molecule has 1 fully saturated rings. The lowest BCUT2D eigenvalue weighted by Crippen LogP contribution is -2.37. The van der Waals surface area contributed by atoms with E-state index in [9.17, 15) is 0 Å². The van der Waals surface area contributed by atoms with E-state index in [2.05, 4.69) is 36.2 Å². The molecule has 1 aliphatic heterocycles. The fourth-order valence-corrected chi connectivity index (χ4v) is 2.65. The van der Waals surface area contributed by atoms with Crippen molar-refractivity contribution in [2.24, 2.45) is 0 Å². The van der Waals surface area contributed by atoms with E-state index in [1.165, 1.54) is 5.69 Å². The van der Waals surface area contributed by atoms with E-state index in [4.69, 9.17) is 9.47 Å². The topological polar surface area (TPSA) is 33.7 Å². The zero-order valence-electron chi connectivity index (χ0n) is 12.3. The third kappa shape index (κ3) is 3.32.